The van der Waals surface area contributed by atoms with Crippen molar-refractivity contribution in [2.24, 2.45) is 0 Å². The molecule has 1 heterocycles. The van der Waals surface area contributed by atoms with E-state index in [1.54, 1.807) is 12.1 Å². The van der Waals surface area contributed by atoms with Crippen LogP contribution in [0.3, 0.4) is 0 Å². The van der Waals surface area contributed by atoms with Crippen molar-refractivity contribution in [3.63, 3.8) is 0 Å². The first kappa shape index (κ1) is 20.1. The van der Waals surface area contributed by atoms with E-state index in [1.807, 2.05) is 36.9 Å². The highest BCUT2D eigenvalue weighted by molar-refractivity contribution is 5.88. The fourth-order valence-corrected chi connectivity index (χ4v) is 2.85. The minimum atomic E-state index is -4.88. The van der Waals surface area contributed by atoms with E-state index < -0.39 is 30.1 Å². The molecule has 0 aliphatic heterocycles. The van der Waals surface area contributed by atoms with Gasteiger partial charge in [0.1, 0.15) is 12.4 Å². The second-order valence-electron chi connectivity index (χ2n) is 6.76. The summed E-state index contributed by atoms with van der Waals surface area (Å²) in [5.41, 5.74) is -2.92. The highest BCUT2D eigenvalue weighted by Gasteiger charge is 2.36. The highest BCUT2D eigenvalue weighted by Crippen LogP contribution is 2.37. The van der Waals surface area contributed by atoms with Crippen molar-refractivity contribution in [2.75, 3.05) is 0 Å². The third kappa shape index (κ3) is 4.26. The van der Waals surface area contributed by atoms with E-state index in [0.717, 1.165) is 10.8 Å². The van der Waals surface area contributed by atoms with Crippen LogP contribution in [0.4, 0.5) is 26.3 Å². The number of alkyl halides is 6. The molecule has 28 heavy (non-hydrogen) atoms. The Morgan fingerprint density at radius 3 is 2.04 bits per heavy atom. The predicted octanol–water partition coefficient (Wildman–Crippen LogP) is 6.84. The molecule has 1 aromatic heterocycles. The van der Waals surface area contributed by atoms with Gasteiger partial charge in [-0.2, -0.15) is 26.3 Å². The predicted molar refractivity (Wildman–Crippen MR) is 93.1 cm³/mol. The first-order valence-electron chi connectivity index (χ1n) is 8.46. The van der Waals surface area contributed by atoms with Crippen LogP contribution in [0, 0.1) is 0 Å². The maximum Gasteiger partial charge on any atom is 0.416 e. The first-order valence-corrected chi connectivity index (χ1v) is 8.46. The second-order valence-corrected chi connectivity index (χ2v) is 6.76. The van der Waals surface area contributed by atoms with Gasteiger partial charge in [-0.1, -0.05) is 12.1 Å². The molecule has 0 amide bonds. The Balaban J connectivity index is 1.93. The van der Waals surface area contributed by atoms with Gasteiger partial charge in [-0.15, -0.1) is 0 Å². The minimum absolute atomic E-state index is 0.104. The van der Waals surface area contributed by atoms with Crippen LogP contribution in [0.5, 0.6) is 5.75 Å². The number of aromatic nitrogens is 1. The van der Waals surface area contributed by atoms with Crippen molar-refractivity contribution in [3.8, 4) is 5.75 Å². The molecular weight excluding hydrogens is 384 g/mol. The van der Waals surface area contributed by atoms with E-state index in [0.29, 0.717) is 17.9 Å². The first-order chi connectivity index (χ1) is 12.9. The van der Waals surface area contributed by atoms with Gasteiger partial charge < -0.3 is 9.30 Å². The Bertz CT molecular complexity index is 952. The van der Waals surface area contributed by atoms with Gasteiger partial charge in [0.25, 0.3) is 0 Å². The number of hydrogen-bond donors (Lipinski definition) is 0. The molecule has 0 saturated carbocycles. The van der Waals surface area contributed by atoms with Crippen LogP contribution >= 0.6 is 0 Å². The third-order valence-corrected chi connectivity index (χ3v) is 4.30. The number of ether oxygens (including phenoxy) is 1. The molecule has 0 spiro atoms. The van der Waals surface area contributed by atoms with Crippen molar-refractivity contribution in [1.29, 1.82) is 0 Å². The summed E-state index contributed by atoms with van der Waals surface area (Å²) in [4.78, 5) is 0. The average Bonchev–Trinajstić information content (AvgIpc) is 3.03. The van der Waals surface area contributed by atoms with E-state index in [9.17, 15) is 26.3 Å². The lowest BCUT2D eigenvalue weighted by Gasteiger charge is -2.15. The molecule has 8 heteroatoms. The second kappa shape index (κ2) is 7.07. The average molecular weight is 401 g/mol. The Morgan fingerprint density at radius 1 is 0.893 bits per heavy atom. The van der Waals surface area contributed by atoms with Gasteiger partial charge in [-0.25, -0.2) is 0 Å². The van der Waals surface area contributed by atoms with Crippen LogP contribution in [0.2, 0.25) is 0 Å². The largest absolute Gasteiger partial charge is 0.488 e. The molecule has 2 nitrogen and oxygen atoms in total. The maximum absolute atomic E-state index is 13.0. The van der Waals surface area contributed by atoms with Crippen LogP contribution in [-0.2, 0) is 19.0 Å². The van der Waals surface area contributed by atoms with Crippen molar-refractivity contribution >= 4 is 10.8 Å². The minimum Gasteiger partial charge on any atom is -0.488 e. The molecule has 0 atom stereocenters. The molecule has 0 bridgehead atoms. The number of hydrogen-bond acceptors (Lipinski definition) is 1. The monoisotopic (exact) mass is 401 g/mol. The highest BCUT2D eigenvalue weighted by atomic mass is 19.4. The SMILES string of the molecule is CC(C)n1cc2cccc(OCc3cc(C(F)(F)F)cc(C(F)(F)F)c3)c2c1. The maximum atomic E-state index is 13.0. The van der Waals surface area contributed by atoms with Gasteiger partial charge in [0.2, 0.25) is 0 Å². The van der Waals surface area contributed by atoms with Crippen molar-refractivity contribution in [1.82, 2.24) is 4.57 Å². The lowest BCUT2D eigenvalue weighted by Crippen LogP contribution is -2.12. The van der Waals surface area contributed by atoms with E-state index in [1.165, 1.54) is 0 Å². The number of benzene rings is 2. The molecule has 0 unspecified atom stereocenters. The zero-order chi connectivity index (χ0) is 20.7. The fourth-order valence-electron chi connectivity index (χ4n) is 2.85. The van der Waals surface area contributed by atoms with Crippen LogP contribution in [0.25, 0.3) is 10.8 Å². The number of nitrogens with zero attached hydrogens (tertiary/aromatic N) is 1. The summed E-state index contributed by atoms with van der Waals surface area (Å²) in [5.74, 6) is 0.392. The Kier molecular flexibility index (Phi) is 5.08. The van der Waals surface area contributed by atoms with E-state index in [2.05, 4.69) is 0 Å². The topological polar surface area (TPSA) is 14.2 Å². The summed E-state index contributed by atoms with van der Waals surface area (Å²) < 4.78 is 85.4. The van der Waals surface area contributed by atoms with Crippen LogP contribution in [0.1, 0.15) is 36.6 Å². The number of rotatable bonds is 4. The lowest BCUT2D eigenvalue weighted by atomic mass is 10.1. The Hall–Kier alpha value is -2.64. The van der Waals surface area contributed by atoms with Crippen molar-refractivity contribution < 1.29 is 31.1 Å². The third-order valence-electron chi connectivity index (χ3n) is 4.30. The van der Waals surface area contributed by atoms with E-state index >= 15 is 0 Å². The summed E-state index contributed by atoms with van der Waals surface area (Å²) in [6.07, 6.45) is -6.03. The van der Waals surface area contributed by atoms with Gasteiger partial charge >= 0.3 is 12.4 Å². The molecule has 0 N–H and O–H groups in total. The smallest absolute Gasteiger partial charge is 0.416 e. The van der Waals surface area contributed by atoms with Crippen LogP contribution < -0.4 is 4.74 Å². The quantitative estimate of drug-likeness (QED) is 0.437. The molecule has 3 aromatic rings. The molecule has 150 valence electrons. The molecule has 0 radical (unpaired) electrons. The van der Waals surface area contributed by atoms with Crippen LogP contribution in [0.15, 0.2) is 48.8 Å². The summed E-state index contributed by atoms with van der Waals surface area (Å²) in [6, 6.07) is 6.85. The lowest BCUT2D eigenvalue weighted by molar-refractivity contribution is -0.143. The Labute approximate surface area is 157 Å². The van der Waals surface area contributed by atoms with Crippen molar-refractivity contribution in [3.05, 3.63) is 65.5 Å². The molecule has 0 fully saturated rings. The van der Waals surface area contributed by atoms with Crippen molar-refractivity contribution in [2.45, 2.75) is 38.8 Å². The zero-order valence-electron chi connectivity index (χ0n) is 15.0. The summed E-state index contributed by atoms with van der Waals surface area (Å²) >= 11 is 0. The summed E-state index contributed by atoms with van der Waals surface area (Å²) in [6.45, 7) is 3.56. The number of halogens is 6. The van der Waals surface area contributed by atoms with Crippen LogP contribution in [-0.4, -0.2) is 4.57 Å². The molecule has 2 aromatic carbocycles. The van der Waals surface area contributed by atoms with E-state index in [4.69, 9.17) is 4.74 Å². The zero-order valence-corrected chi connectivity index (χ0v) is 15.0. The van der Waals surface area contributed by atoms with Gasteiger partial charge in [-0.3, -0.25) is 0 Å². The fraction of sp³-hybridized carbons (Fsp3) is 0.300. The van der Waals surface area contributed by atoms with Gasteiger partial charge in [-0.05, 0) is 43.7 Å². The molecule has 3 rings (SSSR count). The number of fused-ring (bicyclic) bond motifs is 1. The van der Waals surface area contributed by atoms with E-state index in [-0.39, 0.29) is 17.7 Å². The standard InChI is InChI=1S/C20H17F6NO/c1-12(2)27-9-14-4-3-5-18(17(14)10-27)28-11-13-6-15(19(21,22)23)8-16(7-13)20(24,25)26/h3-10,12H,11H2,1-2H3. The summed E-state index contributed by atoms with van der Waals surface area (Å²) in [7, 11) is 0. The van der Waals surface area contributed by atoms with Gasteiger partial charge in [0.05, 0.1) is 11.1 Å². The molecule has 0 aliphatic rings. The Morgan fingerprint density at radius 2 is 1.50 bits per heavy atom. The normalized spacial score (nSPS) is 12.8. The molecule has 0 saturated heterocycles. The summed E-state index contributed by atoms with van der Waals surface area (Å²) in [5, 5.41) is 1.60. The molecular formula is C20H17F6NO. The van der Waals surface area contributed by atoms with Gasteiger partial charge in [0.15, 0.2) is 0 Å². The molecule has 0 aliphatic carbocycles. The van der Waals surface area contributed by atoms with Gasteiger partial charge in [0, 0.05) is 29.2 Å².